The molecule has 0 bridgehead atoms. The highest BCUT2D eigenvalue weighted by molar-refractivity contribution is 4.76. The quantitative estimate of drug-likeness (QED) is 0.567. The largest absolute Gasteiger partial charge is 0.419 e. The molecule has 0 amide bonds. The fourth-order valence-corrected chi connectivity index (χ4v) is 0.379. The van der Waals surface area contributed by atoms with Gasteiger partial charge in [0.05, 0.1) is 0 Å². The first kappa shape index (κ1) is 7.01. The van der Waals surface area contributed by atoms with Crippen LogP contribution in [0, 0.1) is 6.39 Å². The van der Waals surface area contributed by atoms with Crippen LogP contribution in [-0.2, 0) is 4.74 Å². The summed E-state index contributed by atoms with van der Waals surface area (Å²) in [4.78, 5) is 0. The van der Waals surface area contributed by atoms with E-state index in [0.29, 0.717) is 0 Å². The molecule has 55 valence electrons. The van der Waals surface area contributed by atoms with Gasteiger partial charge in [-0.1, -0.05) is 10.2 Å². The molecule has 0 saturated heterocycles. The van der Waals surface area contributed by atoms with Crippen LogP contribution in [-0.4, -0.2) is 23.6 Å². The molecule has 0 spiro atoms. The lowest BCUT2D eigenvalue weighted by Crippen LogP contribution is -2.13. The third-order valence-corrected chi connectivity index (χ3v) is 0.904. The van der Waals surface area contributed by atoms with Crippen molar-refractivity contribution in [3.8, 4) is 6.08 Å². The second-order valence-electron chi connectivity index (χ2n) is 1.58. The van der Waals surface area contributed by atoms with E-state index in [9.17, 15) is 0 Å². The van der Waals surface area contributed by atoms with Crippen molar-refractivity contribution in [2.75, 3.05) is 7.11 Å². The predicted molar refractivity (Wildman–Crippen MR) is 30.2 cm³/mol. The summed E-state index contributed by atoms with van der Waals surface area (Å²) in [6.07, 6.45) is 1.83. The van der Waals surface area contributed by atoms with Gasteiger partial charge in [-0.05, 0) is 6.92 Å². The highest BCUT2D eigenvalue weighted by atomic mass is 16.7. The SMILES string of the molecule is COC(C)Oc1nn[c]o1. The molecule has 1 rings (SSSR count). The van der Waals surface area contributed by atoms with E-state index >= 15 is 0 Å². The zero-order valence-corrected chi connectivity index (χ0v) is 5.70. The average Bonchev–Trinajstić information content (AvgIpc) is 2.40. The van der Waals surface area contributed by atoms with Crippen LogP contribution >= 0.6 is 0 Å². The summed E-state index contributed by atoms with van der Waals surface area (Å²) >= 11 is 0. The van der Waals surface area contributed by atoms with Gasteiger partial charge >= 0.3 is 12.5 Å². The van der Waals surface area contributed by atoms with E-state index in [0.717, 1.165) is 0 Å². The van der Waals surface area contributed by atoms with Crippen molar-refractivity contribution < 1.29 is 13.9 Å². The maximum atomic E-state index is 4.91. The summed E-state index contributed by atoms with van der Waals surface area (Å²) in [5.41, 5.74) is 0. The second kappa shape index (κ2) is 3.17. The van der Waals surface area contributed by atoms with Gasteiger partial charge in [0.1, 0.15) is 0 Å². The molecule has 0 saturated carbocycles. The van der Waals surface area contributed by atoms with Crippen molar-refractivity contribution in [1.29, 1.82) is 0 Å². The van der Waals surface area contributed by atoms with Crippen molar-refractivity contribution in [2.24, 2.45) is 0 Å². The van der Waals surface area contributed by atoms with Crippen LogP contribution in [0.5, 0.6) is 6.08 Å². The van der Waals surface area contributed by atoms with Crippen molar-refractivity contribution >= 4 is 0 Å². The summed E-state index contributed by atoms with van der Waals surface area (Å²) in [7, 11) is 1.52. The van der Waals surface area contributed by atoms with Crippen LogP contribution in [0.25, 0.3) is 0 Å². The van der Waals surface area contributed by atoms with E-state index in [1.807, 2.05) is 0 Å². The number of aromatic nitrogens is 2. The molecule has 0 aromatic carbocycles. The molecule has 1 radical (unpaired) electrons. The van der Waals surface area contributed by atoms with E-state index < -0.39 is 0 Å². The van der Waals surface area contributed by atoms with Gasteiger partial charge in [0.25, 0.3) is 0 Å². The number of nitrogens with zero attached hydrogens (tertiary/aromatic N) is 2. The van der Waals surface area contributed by atoms with Crippen molar-refractivity contribution in [3.05, 3.63) is 6.39 Å². The molecular formula is C5H7N2O3. The van der Waals surface area contributed by atoms with Crippen molar-refractivity contribution in [3.63, 3.8) is 0 Å². The smallest absolute Gasteiger partial charge is 0.417 e. The summed E-state index contributed by atoms with van der Waals surface area (Å²) in [6, 6.07) is 0. The Morgan fingerprint density at radius 3 is 3.00 bits per heavy atom. The van der Waals surface area contributed by atoms with Crippen LogP contribution < -0.4 is 4.74 Å². The fraction of sp³-hybridized carbons (Fsp3) is 0.600. The van der Waals surface area contributed by atoms with Crippen molar-refractivity contribution in [2.45, 2.75) is 13.2 Å². The Morgan fingerprint density at radius 2 is 2.50 bits per heavy atom. The number of rotatable bonds is 3. The Morgan fingerprint density at radius 1 is 1.70 bits per heavy atom. The maximum absolute atomic E-state index is 4.91. The minimum absolute atomic E-state index is 0.0642. The van der Waals surface area contributed by atoms with E-state index in [1.165, 1.54) is 7.11 Å². The summed E-state index contributed by atoms with van der Waals surface area (Å²) < 4.78 is 14.2. The lowest BCUT2D eigenvalue weighted by molar-refractivity contribution is -0.0545. The van der Waals surface area contributed by atoms with Gasteiger partial charge in [0, 0.05) is 7.11 Å². The fourth-order valence-electron chi connectivity index (χ4n) is 0.379. The van der Waals surface area contributed by atoms with Crippen LogP contribution in [0.15, 0.2) is 4.42 Å². The third-order valence-electron chi connectivity index (χ3n) is 0.904. The zero-order chi connectivity index (χ0) is 7.40. The van der Waals surface area contributed by atoms with E-state index in [-0.39, 0.29) is 12.4 Å². The Bertz CT molecular complexity index is 175. The first-order chi connectivity index (χ1) is 4.83. The second-order valence-corrected chi connectivity index (χ2v) is 1.58. The number of methoxy groups -OCH3 is 1. The summed E-state index contributed by atoms with van der Waals surface area (Å²) in [5.74, 6) is 0. The Hall–Kier alpha value is -1.10. The lowest BCUT2D eigenvalue weighted by Gasteiger charge is -2.06. The molecule has 0 N–H and O–H groups in total. The molecule has 0 fully saturated rings. The average molecular weight is 143 g/mol. The minimum atomic E-state index is -0.381. The van der Waals surface area contributed by atoms with Gasteiger partial charge in [-0.25, -0.2) is 0 Å². The number of hydrogen-bond acceptors (Lipinski definition) is 5. The molecule has 5 nitrogen and oxygen atoms in total. The summed E-state index contributed by atoms with van der Waals surface area (Å²) in [6.45, 7) is 1.71. The highest BCUT2D eigenvalue weighted by Crippen LogP contribution is 2.04. The number of ether oxygens (including phenoxy) is 2. The molecule has 1 aromatic heterocycles. The van der Waals surface area contributed by atoms with E-state index in [4.69, 9.17) is 9.47 Å². The van der Waals surface area contributed by atoms with Gasteiger partial charge < -0.3 is 13.9 Å². The molecule has 0 aliphatic rings. The van der Waals surface area contributed by atoms with Gasteiger partial charge in [-0.15, -0.1) is 0 Å². The van der Waals surface area contributed by atoms with Gasteiger partial charge in [0.2, 0.25) is 6.29 Å². The molecule has 1 aromatic rings. The first-order valence-electron chi connectivity index (χ1n) is 2.72. The highest BCUT2D eigenvalue weighted by Gasteiger charge is 2.04. The lowest BCUT2D eigenvalue weighted by atomic mass is 10.8. The van der Waals surface area contributed by atoms with Gasteiger partial charge in [0.15, 0.2) is 0 Å². The molecular weight excluding hydrogens is 136 g/mol. The van der Waals surface area contributed by atoms with Gasteiger partial charge in [-0.2, -0.15) is 0 Å². The van der Waals surface area contributed by atoms with Crippen LogP contribution in [0.1, 0.15) is 6.92 Å². The Labute approximate surface area is 58.0 Å². The van der Waals surface area contributed by atoms with Crippen LogP contribution in [0.4, 0.5) is 0 Å². The molecule has 1 atom stereocenters. The monoisotopic (exact) mass is 143 g/mol. The molecule has 10 heavy (non-hydrogen) atoms. The Kier molecular flexibility index (Phi) is 2.22. The normalized spacial score (nSPS) is 13.0. The Balaban J connectivity index is 2.40. The predicted octanol–water partition coefficient (Wildman–Crippen LogP) is 0.241. The molecule has 1 heterocycles. The molecule has 0 aliphatic carbocycles. The summed E-state index contributed by atoms with van der Waals surface area (Å²) in [5, 5.41) is 6.72. The van der Waals surface area contributed by atoms with Crippen LogP contribution in [0.2, 0.25) is 0 Å². The topological polar surface area (TPSA) is 57.4 Å². The van der Waals surface area contributed by atoms with Gasteiger partial charge in [-0.3, -0.25) is 0 Å². The maximum Gasteiger partial charge on any atom is 0.417 e. The molecule has 0 aliphatic heterocycles. The molecule has 1 unspecified atom stereocenters. The first-order valence-corrected chi connectivity index (χ1v) is 2.72. The zero-order valence-electron chi connectivity index (χ0n) is 5.70. The third kappa shape index (κ3) is 1.70. The van der Waals surface area contributed by atoms with Crippen molar-refractivity contribution in [1.82, 2.24) is 10.2 Å². The van der Waals surface area contributed by atoms with Crippen LogP contribution in [0.3, 0.4) is 0 Å². The standard InChI is InChI=1S/C5H7N2O3/c1-4(8-2)10-5-7-6-3-9-5/h4H,1-2H3. The minimum Gasteiger partial charge on any atom is -0.419 e. The number of hydrogen-bond donors (Lipinski definition) is 0. The van der Waals surface area contributed by atoms with E-state index in [1.54, 1.807) is 6.92 Å². The van der Waals surface area contributed by atoms with E-state index in [2.05, 4.69) is 21.0 Å². The molecule has 5 heteroatoms.